The van der Waals surface area contributed by atoms with Gasteiger partial charge in [-0.3, -0.25) is 10.1 Å². The average molecular weight is 298 g/mol. The second-order valence-electron chi connectivity index (χ2n) is 4.10. The molecule has 0 radical (unpaired) electrons. The van der Waals surface area contributed by atoms with E-state index in [2.05, 4.69) is 4.74 Å². The summed E-state index contributed by atoms with van der Waals surface area (Å²) in [7, 11) is 0. The van der Waals surface area contributed by atoms with Crippen LogP contribution in [0.1, 0.15) is 0 Å². The van der Waals surface area contributed by atoms with Crippen LogP contribution in [0.2, 0.25) is 0 Å². The lowest BCUT2D eigenvalue weighted by Crippen LogP contribution is -2.16. The van der Waals surface area contributed by atoms with E-state index in [-0.39, 0.29) is 17.1 Å². The van der Waals surface area contributed by atoms with Crippen LogP contribution in [0.15, 0.2) is 42.5 Å². The maximum atomic E-state index is 12.0. The monoisotopic (exact) mass is 298 g/mol. The molecule has 2 rings (SSSR count). The molecule has 0 bridgehead atoms. The summed E-state index contributed by atoms with van der Waals surface area (Å²) in [5, 5.41) is 10.6. The molecule has 2 aromatic rings. The van der Waals surface area contributed by atoms with E-state index in [4.69, 9.17) is 5.73 Å². The van der Waals surface area contributed by atoms with Crippen molar-refractivity contribution < 1.29 is 22.8 Å². The topological polar surface area (TPSA) is 78.4 Å². The number of benzene rings is 2. The first-order chi connectivity index (χ1) is 9.76. The molecule has 0 aliphatic carbocycles. The maximum absolute atomic E-state index is 12.0. The number of anilines is 1. The van der Waals surface area contributed by atoms with E-state index in [0.29, 0.717) is 11.1 Å². The highest BCUT2D eigenvalue weighted by atomic mass is 19.4. The molecule has 2 N–H and O–H groups in total. The summed E-state index contributed by atoms with van der Waals surface area (Å²) in [6.45, 7) is 0. The third kappa shape index (κ3) is 3.62. The number of non-ortho nitro benzene ring substituents is 1. The first kappa shape index (κ1) is 14.6. The first-order valence-electron chi connectivity index (χ1n) is 5.66. The Kier molecular flexibility index (Phi) is 3.70. The second kappa shape index (κ2) is 5.31. The lowest BCUT2D eigenvalue weighted by atomic mass is 10.0. The van der Waals surface area contributed by atoms with Gasteiger partial charge in [0.05, 0.1) is 4.92 Å². The first-order valence-corrected chi connectivity index (χ1v) is 5.66. The molecule has 5 nitrogen and oxygen atoms in total. The number of nitrogens with zero attached hydrogens (tertiary/aromatic N) is 1. The highest BCUT2D eigenvalue weighted by Gasteiger charge is 2.30. The number of nitrogens with two attached hydrogens (primary N) is 1. The Balaban J connectivity index is 2.29. The van der Waals surface area contributed by atoms with Crippen molar-refractivity contribution in [1.82, 2.24) is 0 Å². The number of nitro groups is 1. The molecule has 0 aliphatic heterocycles. The van der Waals surface area contributed by atoms with Crippen molar-refractivity contribution in [1.29, 1.82) is 0 Å². The third-order valence-corrected chi connectivity index (χ3v) is 2.64. The summed E-state index contributed by atoms with van der Waals surface area (Å²) in [4.78, 5) is 10.0. The normalized spacial score (nSPS) is 11.2. The van der Waals surface area contributed by atoms with Gasteiger partial charge in [-0.05, 0) is 23.8 Å². The van der Waals surface area contributed by atoms with Gasteiger partial charge in [-0.1, -0.05) is 12.1 Å². The zero-order chi connectivity index (χ0) is 15.6. The highest BCUT2D eigenvalue weighted by Crippen LogP contribution is 2.31. The van der Waals surface area contributed by atoms with Crippen LogP contribution in [0.3, 0.4) is 0 Å². The summed E-state index contributed by atoms with van der Waals surface area (Å²) in [5.41, 5.74) is 6.73. The molecule has 0 amide bonds. The number of ether oxygens (including phenoxy) is 1. The molecule has 0 fully saturated rings. The van der Waals surface area contributed by atoms with Crippen LogP contribution in [0.25, 0.3) is 11.1 Å². The van der Waals surface area contributed by atoms with Crippen molar-refractivity contribution in [3.8, 4) is 16.9 Å². The lowest BCUT2D eigenvalue weighted by molar-refractivity contribution is -0.384. The van der Waals surface area contributed by atoms with Gasteiger partial charge in [-0.15, -0.1) is 13.2 Å². The fourth-order valence-corrected chi connectivity index (χ4v) is 1.76. The molecule has 0 unspecified atom stereocenters. The van der Waals surface area contributed by atoms with E-state index in [0.717, 1.165) is 12.1 Å². The SMILES string of the molecule is Nc1cc([N+](=O)[O-])ccc1-c1ccc(OC(F)(F)F)cc1. The van der Waals surface area contributed by atoms with E-state index in [1.54, 1.807) is 0 Å². The second-order valence-corrected chi connectivity index (χ2v) is 4.10. The van der Waals surface area contributed by atoms with Gasteiger partial charge in [0, 0.05) is 23.4 Å². The minimum Gasteiger partial charge on any atom is -0.406 e. The molecule has 0 saturated heterocycles. The molecule has 2 aromatic carbocycles. The Morgan fingerprint density at radius 2 is 1.71 bits per heavy atom. The summed E-state index contributed by atoms with van der Waals surface area (Å²) in [5.74, 6) is -0.355. The predicted molar refractivity (Wildman–Crippen MR) is 69.6 cm³/mol. The van der Waals surface area contributed by atoms with Gasteiger partial charge in [0.15, 0.2) is 0 Å². The van der Waals surface area contributed by atoms with E-state index >= 15 is 0 Å². The van der Waals surface area contributed by atoms with Crippen LogP contribution in [0.4, 0.5) is 24.5 Å². The van der Waals surface area contributed by atoms with Gasteiger partial charge in [-0.25, -0.2) is 0 Å². The van der Waals surface area contributed by atoms with Crippen LogP contribution >= 0.6 is 0 Å². The maximum Gasteiger partial charge on any atom is 0.573 e. The van der Waals surface area contributed by atoms with Crippen LogP contribution in [-0.2, 0) is 0 Å². The quantitative estimate of drug-likeness (QED) is 0.532. The molecule has 0 saturated carbocycles. The van der Waals surface area contributed by atoms with Crippen molar-refractivity contribution in [2.45, 2.75) is 6.36 Å². The van der Waals surface area contributed by atoms with Crippen molar-refractivity contribution in [3.05, 3.63) is 52.6 Å². The van der Waals surface area contributed by atoms with Gasteiger partial charge in [0.25, 0.3) is 5.69 Å². The van der Waals surface area contributed by atoms with Crippen molar-refractivity contribution in [3.63, 3.8) is 0 Å². The smallest absolute Gasteiger partial charge is 0.406 e. The number of hydrogen-bond donors (Lipinski definition) is 1. The molecule has 0 heterocycles. The molecule has 0 spiro atoms. The van der Waals surface area contributed by atoms with Gasteiger partial charge in [0.1, 0.15) is 5.75 Å². The summed E-state index contributed by atoms with van der Waals surface area (Å²) < 4.78 is 39.9. The van der Waals surface area contributed by atoms with Crippen LogP contribution in [0, 0.1) is 10.1 Å². The van der Waals surface area contributed by atoms with E-state index in [9.17, 15) is 23.3 Å². The van der Waals surface area contributed by atoms with Gasteiger partial charge in [0.2, 0.25) is 0 Å². The summed E-state index contributed by atoms with van der Waals surface area (Å²) in [6.07, 6.45) is -4.76. The number of nitrogen functional groups attached to an aromatic ring is 1. The Bertz CT molecular complexity index is 669. The Morgan fingerprint density at radius 1 is 1.10 bits per heavy atom. The van der Waals surface area contributed by atoms with Gasteiger partial charge in [-0.2, -0.15) is 0 Å². The standard InChI is InChI=1S/C13H9F3N2O3/c14-13(15,16)21-10-4-1-8(2-5-10)11-6-3-9(18(19)20)7-12(11)17/h1-7H,17H2. The molecule has 0 aliphatic rings. The van der Waals surface area contributed by atoms with E-state index in [1.165, 1.54) is 30.3 Å². The Hall–Kier alpha value is -2.77. The fourth-order valence-electron chi connectivity index (χ4n) is 1.76. The van der Waals surface area contributed by atoms with Crippen molar-refractivity contribution in [2.24, 2.45) is 0 Å². The molecular formula is C13H9F3N2O3. The summed E-state index contributed by atoms with van der Waals surface area (Å²) in [6, 6.07) is 8.96. The number of alkyl halides is 3. The van der Waals surface area contributed by atoms with Crippen molar-refractivity contribution >= 4 is 11.4 Å². The number of rotatable bonds is 3. The molecule has 0 aromatic heterocycles. The van der Waals surface area contributed by atoms with Gasteiger partial charge >= 0.3 is 6.36 Å². The zero-order valence-corrected chi connectivity index (χ0v) is 10.4. The summed E-state index contributed by atoms with van der Waals surface area (Å²) >= 11 is 0. The molecule has 110 valence electrons. The molecular weight excluding hydrogens is 289 g/mol. The van der Waals surface area contributed by atoms with Crippen molar-refractivity contribution in [2.75, 3.05) is 5.73 Å². The molecule has 0 atom stereocenters. The lowest BCUT2D eigenvalue weighted by Gasteiger charge is -2.10. The zero-order valence-electron chi connectivity index (χ0n) is 10.4. The predicted octanol–water partition coefficient (Wildman–Crippen LogP) is 3.74. The average Bonchev–Trinajstić information content (AvgIpc) is 2.38. The number of halogens is 3. The Labute approximate surface area is 116 Å². The van der Waals surface area contributed by atoms with E-state index < -0.39 is 11.3 Å². The third-order valence-electron chi connectivity index (χ3n) is 2.64. The highest BCUT2D eigenvalue weighted by molar-refractivity contribution is 5.78. The number of hydrogen-bond acceptors (Lipinski definition) is 4. The number of nitro benzene ring substituents is 1. The Morgan fingerprint density at radius 3 is 2.19 bits per heavy atom. The molecule has 8 heteroatoms. The largest absolute Gasteiger partial charge is 0.573 e. The minimum absolute atomic E-state index is 0.159. The van der Waals surface area contributed by atoms with Crippen LogP contribution in [0.5, 0.6) is 5.75 Å². The minimum atomic E-state index is -4.76. The van der Waals surface area contributed by atoms with E-state index in [1.807, 2.05) is 0 Å². The van der Waals surface area contributed by atoms with Crippen LogP contribution < -0.4 is 10.5 Å². The van der Waals surface area contributed by atoms with Crippen LogP contribution in [-0.4, -0.2) is 11.3 Å². The van der Waals surface area contributed by atoms with Gasteiger partial charge < -0.3 is 10.5 Å². The molecule has 21 heavy (non-hydrogen) atoms. The fraction of sp³-hybridized carbons (Fsp3) is 0.0769.